The number of hydrogen-bond donors (Lipinski definition) is 1. The van der Waals surface area contributed by atoms with Crippen LogP contribution in [0.3, 0.4) is 0 Å². The van der Waals surface area contributed by atoms with Gasteiger partial charge in [-0.15, -0.1) is 0 Å². The van der Waals surface area contributed by atoms with Crippen molar-refractivity contribution in [2.75, 3.05) is 13.7 Å². The Morgan fingerprint density at radius 3 is 2.89 bits per heavy atom. The Morgan fingerprint density at radius 2 is 2.11 bits per heavy atom. The predicted octanol–water partition coefficient (Wildman–Crippen LogP) is 1.65. The van der Waals surface area contributed by atoms with Crippen LogP contribution in [-0.4, -0.2) is 18.2 Å². The molecule has 0 aliphatic rings. The standard InChI is InChI=1S/C15H18N2O2/c1-16-12-13-5-4-6-14(11-13)19-10-9-17-8-3-2-7-15(17)18/h2-8,11,16H,9-10,12H2,1H3. The molecule has 100 valence electrons. The van der Waals surface area contributed by atoms with Crippen molar-refractivity contribution < 1.29 is 4.74 Å². The van der Waals surface area contributed by atoms with Gasteiger partial charge in [-0.2, -0.15) is 0 Å². The summed E-state index contributed by atoms with van der Waals surface area (Å²) >= 11 is 0. The fourth-order valence-electron chi connectivity index (χ4n) is 1.86. The van der Waals surface area contributed by atoms with E-state index in [1.807, 2.05) is 37.4 Å². The van der Waals surface area contributed by atoms with Crippen LogP contribution < -0.4 is 15.6 Å². The van der Waals surface area contributed by atoms with Crippen LogP contribution in [0.25, 0.3) is 0 Å². The second-order valence-electron chi connectivity index (χ2n) is 4.26. The van der Waals surface area contributed by atoms with E-state index < -0.39 is 0 Å². The highest BCUT2D eigenvalue weighted by molar-refractivity contribution is 5.28. The average molecular weight is 258 g/mol. The SMILES string of the molecule is CNCc1cccc(OCCn2ccccc2=O)c1. The van der Waals surface area contributed by atoms with Crippen LogP contribution in [0.1, 0.15) is 5.56 Å². The van der Waals surface area contributed by atoms with Crippen molar-refractivity contribution in [3.05, 3.63) is 64.6 Å². The van der Waals surface area contributed by atoms with Crippen molar-refractivity contribution in [3.8, 4) is 5.75 Å². The molecule has 0 saturated carbocycles. The fraction of sp³-hybridized carbons (Fsp3) is 0.267. The highest BCUT2D eigenvalue weighted by Gasteiger charge is 1.98. The largest absolute Gasteiger partial charge is 0.492 e. The van der Waals surface area contributed by atoms with Gasteiger partial charge in [0.25, 0.3) is 5.56 Å². The van der Waals surface area contributed by atoms with Gasteiger partial charge in [-0.1, -0.05) is 18.2 Å². The van der Waals surface area contributed by atoms with Crippen LogP contribution in [0, 0.1) is 0 Å². The second kappa shape index (κ2) is 6.75. The van der Waals surface area contributed by atoms with Crippen LogP contribution in [0.5, 0.6) is 5.75 Å². The number of aromatic nitrogens is 1. The fourth-order valence-corrected chi connectivity index (χ4v) is 1.86. The molecule has 0 saturated heterocycles. The molecule has 0 spiro atoms. The van der Waals surface area contributed by atoms with Gasteiger partial charge in [0.15, 0.2) is 0 Å². The minimum absolute atomic E-state index is 0.00460. The molecule has 1 aromatic heterocycles. The topological polar surface area (TPSA) is 43.3 Å². The lowest BCUT2D eigenvalue weighted by Crippen LogP contribution is -2.21. The van der Waals surface area contributed by atoms with E-state index in [0.29, 0.717) is 13.2 Å². The van der Waals surface area contributed by atoms with Gasteiger partial charge in [0.2, 0.25) is 0 Å². The number of hydrogen-bond acceptors (Lipinski definition) is 3. The van der Waals surface area contributed by atoms with Gasteiger partial charge in [-0.3, -0.25) is 4.79 Å². The summed E-state index contributed by atoms with van der Waals surface area (Å²) in [5.74, 6) is 0.830. The zero-order valence-electron chi connectivity index (χ0n) is 11.0. The molecule has 4 nitrogen and oxygen atoms in total. The molecule has 1 aromatic carbocycles. The van der Waals surface area contributed by atoms with Crippen molar-refractivity contribution in [2.45, 2.75) is 13.1 Å². The van der Waals surface area contributed by atoms with Crippen LogP contribution >= 0.6 is 0 Å². The Balaban J connectivity index is 1.91. The first-order chi connectivity index (χ1) is 9.29. The number of pyridine rings is 1. The molecule has 0 bridgehead atoms. The molecule has 0 fully saturated rings. The summed E-state index contributed by atoms with van der Waals surface area (Å²) in [7, 11) is 1.91. The van der Waals surface area contributed by atoms with Crippen LogP contribution in [-0.2, 0) is 13.1 Å². The van der Waals surface area contributed by atoms with Gasteiger partial charge in [-0.05, 0) is 30.8 Å². The van der Waals surface area contributed by atoms with E-state index in [4.69, 9.17) is 4.74 Å². The third-order valence-electron chi connectivity index (χ3n) is 2.78. The smallest absolute Gasteiger partial charge is 0.250 e. The van der Waals surface area contributed by atoms with Crippen molar-refractivity contribution in [1.29, 1.82) is 0 Å². The molecule has 2 aromatic rings. The van der Waals surface area contributed by atoms with E-state index in [1.165, 1.54) is 5.56 Å². The van der Waals surface area contributed by atoms with Gasteiger partial charge < -0.3 is 14.6 Å². The minimum atomic E-state index is -0.00460. The van der Waals surface area contributed by atoms with Gasteiger partial charge in [0.1, 0.15) is 12.4 Å². The lowest BCUT2D eigenvalue weighted by atomic mass is 10.2. The van der Waals surface area contributed by atoms with Gasteiger partial charge in [-0.25, -0.2) is 0 Å². The van der Waals surface area contributed by atoms with Crippen LogP contribution in [0.2, 0.25) is 0 Å². The maximum atomic E-state index is 11.5. The van der Waals surface area contributed by atoms with E-state index in [-0.39, 0.29) is 5.56 Å². The number of nitrogens with one attached hydrogen (secondary N) is 1. The Kier molecular flexibility index (Phi) is 4.75. The maximum Gasteiger partial charge on any atom is 0.250 e. The number of benzene rings is 1. The molecular formula is C15H18N2O2. The molecule has 1 heterocycles. The lowest BCUT2D eigenvalue weighted by molar-refractivity contribution is 0.296. The number of rotatable bonds is 6. The Bertz CT molecular complexity index is 578. The minimum Gasteiger partial charge on any atom is -0.492 e. The maximum absolute atomic E-state index is 11.5. The monoisotopic (exact) mass is 258 g/mol. The molecule has 4 heteroatoms. The molecule has 1 N–H and O–H groups in total. The molecule has 0 radical (unpaired) electrons. The van der Waals surface area contributed by atoms with E-state index in [1.54, 1.807) is 22.9 Å². The van der Waals surface area contributed by atoms with Crippen molar-refractivity contribution >= 4 is 0 Å². The predicted molar refractivity (Wildman–Crippen MR) is 75.4 cm³/mol. The zero-order valence-corrected chi connectivity index (χ0v) is 11.0. The lowest BCUT2D eigenvalue weighted by Gasteiger charge is -2.09. The van der Waals surface area contributed by atoms with Crippen molar-refractivity contribution in [1.82, 2.24) is 9.88 Å². The van der Waals surface area contributed by atoms with Crippen molar-refractivity contribution in [2.24, 2.45) is 0 Å². The van der Waals surface area contributed by atoms with E-state index in [0.717, 1.165) is 12.3 Å². The molecule has 2 rings (SSSR count). The van der Waals surface area contributed by atoms with Gasteiger partial charge in [0, 0.05) is 18.8 Å². The summed E-state index contributed by atoms with van der Waals surface area (Å²) in [6.45, 7) is 1.85. The summed E-state index contributed by atoms with van der Waals surface area (Å²) in [6, 6.07) is 13.1. The molecule has 0 aliphatic carbocycles. The first-order valence-electron chi connectivity index (χ1n) is 6.31. The summed E-state index contributed by atoms with van der Waals surface area (Å²) in [5, 5.41) is 3.10. The van der Waals surface area contributed by atoms with E-state index in [2.05, 4.69) is 5.32 Å². The molecule has 0 atom stereocenters. The number of nitrogens with zero attached hydrogens (tertiary/aromatic N) is 1. The molecule has 0 amide bonds. The Morgan fingerprint density at radius 1 is 1.21 bits per heavy atom. The van der Waals surface area contributed by atoms with Crippen LogP contribution in [0.15, 0.2) is 53.5 Å². The van der Waals surface area contributed by atoms with E-state index >= 15 is 0 Å². The Hall–Kier alpha value is -2.07. The summed E-state index contributed by atoms with van der Waals surface area (Å²) < 4.78 is 7.30. The van der Waals surface area contributed by atoms with Crippen LogP contribution in [0.4, 0.5) is 0 Å². The molecule has 0 unspecified atom stereocenters. The highest BCUT2D eigenvalue weighted by atomic mass is 16.5. The first kappa shape index (κ1) is 13.4. The third-order valence-corrected chi connectivity index (χ3v) is 2.78. The van der Waals surface area contributed by atoms with Crippen molar-refractivity contribution in [3.63, 3.8) is 0 Å². The normalized spacial score (nSPS) is 10.4. The van der Waals surface area contributed by atoms with Gasteiger partial charge in [0.05, 0.1) is 6.54 Å². The second-order valence-corrected chi connectivity index (χ2v) is 4.26. The first-order valence-corrected chi connectivity index (χ1v) is 6.31. The average Bonchev–Trinajstić information content (AvgIpc) is 2.42. The molecule has 0 aliphatic heterocycles. The summed E-state index contributed by atoms with van der Waals surface area (Å²) in [6.07, 6.45) is 1.77. The quantitative estimate of drug-likeness (QED) is 0.856. The van der Waals surface area contributed by atoms with Gasteiger partial charge >= 0.3 is 0 Å². The number of ether oxygens (including phenoxy) is 1. The molecular weight excluding hydrogens is 240 g/mol. The summed E-state index contributed by atoms with van der Waals surface area (Å²) in [5.41, 5.74) is 1.17. The molecule has 19 heavy (non-hydrogen) atoms. The Labute approximate surface area is 112 Å². The zero-order chi connectivity index (χ0) is 13.5. The highest BCUT2D eigenvalue weighted by Crippen LogP contribution is 2.13. The summed E-state index contributed by atoms with van der Waals surface area (Å²) in [4.78, 5) is 11.5. The third kappa shape index (κ3) is 3.96. The van der Waals surface area contributed by atoms with E-state index in [9.17, 15) is 4.79 Å².